The van der Waals surface area contributed by atoms with Crippen LogP contribution < -0.4 is 0 Å². The van der Waals surface area contributed by atoms with Gasteiger partial charge in [0.2, 0.25) is 0 Å². The highest BCUT2D eigenvalue weighted by Crippen LogP contribution is 2.22. The van der Waals surface area contributed by atoms with Crippen molar-refractivity contribution in [3.63, 3.8) is 0 Å². The van der Waals surface area contributed by atoms with Crippen molar-refractivity contribution in [2.45, 2.75) is 0 Å². The number of halogens is 2. The quantitative estimate of drug-likeness (QED) is 0.721. The van der Waals surface area contributed by atoms with E-state index in [4.69, 9.17) is 5.26 Å². The summed E-state index contributed by atoms with van der Waals surface area (Å²) < 4.78 is 14.0. The molecule has 1 aromatic carbocycles. The Labute approximate surface area is 88.1 Å². The minimum Gasteiger partial charge on any atom is -0.254 e. The zero-order chi connectivity index (χ0) is 10.1. The Balaban J connectivity index is 2.93. The van der Waals surface area contributed by atoms with E-state index < -0.39 is 0 Å². The Bertz CT molecular complexity index is 546. The molecule has 14 heavy (non-hydrogen) atoms. The molecular formula is C10H4BrFN2. The predicted octanol–water partition coefficient (Wildman–Crippen LogP) is 3.01. The van der Waals surface area contributed by atoms with Crippen LogP contribution in [-0.4, -0.2) is 4.98 Å². The van der Waals surface area contributed by atoms with E-state index >= 15 is 0 Å². The molecule has 0 saturated heterocycles. The van der Waals surface area contributed by atoms with Crippen molar-refractivity contribution < 1.29 is 4.39 Å². The van der Waals surface area contributed by atoms with Crippen LogP contribution in [0, 0.1) is 17.1 Å². The molecule has 4 heteroatoms. The van der Waals surface area contributed by atoms with Gasteiger partial charge in [0.15, 0.2) is 0 Å². The summed E-state index contributed by atoms with van der Waals surface area (Å²) in [4.78, 5) is 4.00. The molecule has 2 nitrogen and oxygen atoms in total. The van der Waals surface area contributed by atoms with Crippen molar-refractivity contribution in [2.75, 3.05) is 0 Å². The number of rotatable bonds is 0. The summed E-state index contributed by atoms with van der Waals surface area (Å²) in [5.74, 6) is -0.368. The summed E-state index contributed by atoms with van der Waals surface area (Å²) in [6.07, 6.45) is 1.54. The van der Waals surface area contributed by atoms with Gasteiger partial charge < -0.3 is 0 Å². The van der Waals surface area contributed by atoms with E-state index in [0.29, 0.717) is 20.9 Å². The molecule has 1 aromatic heterocycles. The summed E-state index contributed by atoms with van der Waals surface area (Å²) in [6.45, 7) is 0. The number of hydrogen-bond donors (Lipinski definition) is 0. The fraction of sp³-hybridized carbons (Fsp3) is 0. The van der Waals surface area contributed by atoms with E-state index in [1.165, 1.54) is 12.1 Å². The highest BCUT2D eigenvalue weighted by atomic mass is 79.9. The molecule has 0 aliphatic rings. The van der Waals surface area contributed by atoms with Gasteiger partial charge in [0.05, 0.1) is 11.1 Å². The Morgan fingerprint density at radius 2 is 2.21 bits per heavy atom. The van der Waals surface area contributed by atoms with Crippen molar-refractivity contribution in [1.29, 1.82) is 5.26 Å². The van der Waals surface area contributed by atoms with E-state index in [1.54, 1.807) is 12.3 Å². The number of benzene rings is 1. The van der Waals surface area contributed by atoms with Crippen molar-refractivity contribution in [3.8, 4) is 6.07 Å². The van der Waals surface area contributed by atoms with E-state index in [0.717, 1.165) is 0 Å². The normalized spacial score (nSPS) is 10.1. The van der Waals surface area contributed by atoms with Gasteiger partial charge in [-0.15, -0.1) is 0 Å². The first-order valence-electron chi connectivity index (χ1n) is 3.86. The minimum atomic E-state index is -0.368. The molecule has 0 aliphatic heterocycles. The fourth-order valence-corrected chi connectivity index (χ4v) is 1.58. The number of nitrogens with zero attached hydrogens (tertiary/aromatic N) is 2. The summed E-state index contributed by atoms with van der Waals surface area (Å²) in [5.41, 5.74) is 0.782. The van der Waals surface area contributed by atoms with Crippen molar-refractivity contribution >= 4 is 26.8 Å². The molecule has 0 amide bonds. The highest BCUT2D eigenvalue weighted by molar-refractivity contribution is 9.10. The second kappa shape index (κ2) is 3.35. The van der Waals surface area contributed by atoms with Crippen LogP contribution in [0.2, 0.25) is 0 Å². The summed E-state index contributed by atoms with van der Waals surface area (Å²) in [6, 6.07) is 6.28. The van der Waals surface area contributed by atoms with Crippen LogP contribution in [0.3, 0.4) is 0 Å². The van der Waals surface area contributed by atoms with E-state index in [2.05, 4.69) is 20.9 Å². The number of nitriles is 1. The third-order valence-electron chi connectivity index (χ3n) is 1.88. The van der Waals surface area contributed by atoms with Gasteiger partial charge in [-0.25, -0.2) is 4.39 Å². The molecule has 0 spiro atoms. The largest absolute Gasteiger partial charge is 0.254 e. The standard InChI is InChI=1S/C10H4BrFN2/c11-7-3-8-9(12)2-1-6(4-13)10(8)14-5-7/h1-3,5H. The highest BCUT2D eigenvalue weighted by Gasteiger charge is 2.06. The second-order valence-corrected chi connectivity index (χ2v) is 3.67. The Morgan fingerprint density at radius 3 is 2.93 bits per heavy atom. The van der Waals surface area contributed by atoms with Gasteiger partial charge in [-0.3, -0.25) is 4.98 Å². The van der Waals surface area contributed by atoms with Gasteiger partial charge in [0.25, 0.3) is 0 Å². The smallest absolute Gasteiger partial charge is 0.132 e. The van der Waals surface area contributed by atoms with Crippen LogP contribution in [0.1, 0.15) is 5.56 Å². The van der Waals surface area contributed by atoms with Crippen molar-refractivity contribution in [1.82, 2.24) is 4.98 Å². The monoisotopic (exact) mass is 250 g/mol. The van der Waals surface area contributed by atoms with Gasteiger partial charge >= 0.3 is 0 Å². The van der Waals surface area contributed by atoms with Crippen LogP contribution in [-0.2, 0) is 0 Å². The van der Waals surface area contributed by atoms with Gasteiger partial charge in [0.1, 0.15) is 11.9 Å². The molecule has 2 rings (SSSR count). The van der Waals surface area contributed by atoms with Crippen LogP contribution in [0.5, 0.6) is 0 Å². The first-order valence-corrected chi connectivity index (χ1v) is 4.65. The van der Waals surface area contributed by atoms with Crippen molar-refractivity contribution in [2.24, 2.45) is 0 Å². The predicted molar refractivity (Wildman–Crippen MR) is 54.1 cm³/mol. The van der Waals surface area contributed by atoms with Gasteiger partial charge in [-0.05, 0) is 34.1 Å². The van der Waals surface area contributed by atoms with Crippen LogP contribution in [0.15, 0.2) is 28.9 Å². The number of aromatic nitrogens is 1. The summed E-state index contributed by atoms with van der Waals surface area (Å²) in [5, 5.41) is 9.13. The summed E-state index contributed by atoms with van der Waals surface area (Å²) in [7, 11) is 0. The molecule has 0 N–H and O–H groups in total. The van der Waals surface area contributed by atoms with Crippen molar-refractivity contribution in [3.05, 3.63) is 40.2 Å². The molecule has 1 heterocycles. The molecule has 68 valence electrons. The average molecular weight is 251 g/mol. The number of pyridine rings is 1. The van der Waals surface area contributed by atoms with E-state index in [-0.39, 0.29) is 5.82 Å². The molecule has 0 atom stereocenters. The van der Waals surface area contributed by atoms with E-state index in [9.17, 15) is 4.39 Å². The number of hydrogen-bond acceptors (Lipinski definition) is 2. The van der Waals surface area contributed by atoms with Crippen LogP contribution in [0.4, 0.5) is 4.39 Å². The van der Waals surface area contributed by atoms with Crippen LogP contribution >= 0.6 is 15.9 Å². The zero-order valence-corrected chi connectivity index (χ0v) is 8.55. The molecule has 0 aliphatic carbocycles. The minimum absolute atomic E-state index is 0.360. The maximum absolute atomic E-state index is 13.3. The molecule has 0 radical (unpaired) electrons. The SMILES string of the molecule is N#Cc1ccc(F)c2cc(Br)cnc12. The maximum atomic E-state index is 13.3. The van der Waals surface area contributed by atoms with Crippen LogP contribution in [0.25, 0.3) is 10.9 Å². The average Bonchev–Trinajstić information content (AvgIpc) is 2.19. The molecule has 0 bridgehead atoms. The molecular weight excluding hydrogens is 247 g/mol. The number of fused-ring (bicyclic) bond motifs is 1. The Kier molecular flexibility index (Phi) is 2.18. The molecule has 2 aromatic rings. The van der Waals surface area contributed by atoms with Gasteiger partial charge in [-0.2, -0.15) is 5.26 Å². The van der Waals surface area contributed by atoms with Gasteiger partial charge in [0, 0.05) is 16.1 Å². The lowest BCUT2D eigenvalue weighted by Crippen LogP contribution is -1.87. The lowest BCUT2D eigenvalue weighted by Gasteiger charge is -2.00. The Morgan fingerprint density at radius 1 is 1.43 bits per heavy atom. The second-order valence-electron chi connectivity index (χ2n) is 2.76. The molecule has 0 saturated carbocycles. The Hall–Kier alpha value is -1.47. The third kappa shape index (κ3) is 1.36. The molecule has 0 fully saturated rings. The zero-order valence-electron chi connectivity index (χ0n) is 6.96. The van der Waals surface area contributed by atoms with Gasteiger partial charge in [-0.1, -0.05) is 0 Å². The summed E-state index contributed by atoms with van der Waals surface area (Å²) >= 11 is 3.20. The first-order chi connectivity index (χ1) is 6.72. The fourth-order valence-electron chi connectivity index (χ4n) is 1.25. The maximum Gasteiger partial charge on any atom is 0.132 e. The third-order valence-corrected chi connectivity index (χ3v) is 2.32. The van der Waals surface area contributed by atoms with E-state index in [1.807, 2.05) is 6.07 Å². The topological polar surface area (TPSA) is 36.7 Å². The lowest BCUT2D eigenvalue weighted by molar-refractivity contribution is 0.639. The lowest BCUT2D eigenvalue weighted by atomic mass is 10.1. The first kappa shape index (κ1) is 9.10. The molecule has 0 unspecified atom stereocenters.